The lowest BCUT2D eigenvalue weighted by molar-refractivity contribution is -0.159. The highest BCUT2D eigenvalue weighted by Crippen LogP contribution is 2.15. The summed E-state index contributed by atoms with van der Waals surface area (Å²) in [4.78, 5) is 47.8. The first-order valence-electron chi connectivity index (χ1n) is 7.48. The first kappa shape index (κ1) is 20.1. The lowest BCUT2D eigenvalue weighted by Gasteiger charge is -2.23. The van der Waals surface area contributed by atoms with Gasteiger partial charge in [0.05, 0.1) is 40.1 Å². The molecule has 0 saturated carbocycles. The Morgan fingerprint density at radius 1 is 0.920 bits per heavy atom. The second kappa shape index (κ2) is 10.1. The molecule has 1 amide bonds. The maximum Gasteiger partial charge on any atom is 0.329 e. The third-order valence-corrected chi connectivity index (χ3v) is 3.50. The van der Waals surface area contributed by atoms with Crippen molar-refractivity contribution >= 4 is 23.8 Å². The largest absolute Gasteiger partial charge is 0.469 e. The van der Waals surface area contributed by atoms with Gasteiger partial charge in [-0.1, -0.05) is 30.3 Å². The smallest absolute Gasteiger partial charge is 0.329 e. The van der Waals surface area contributed by atoms with Crippen LogP contribution in [0.1, 0.15) is 12.0 Å². The molecular formula is C17H21NO7. The number of carbonyl (C=O) groups excluding carboxylic acids is 4. The predicted octanol–water partition coefficient (Wildman–Crippen LogP) is 0.239. The van der Waals surface area contributed by atoms with Crippen LogP contribution in [0.25, 0.3) is 0 Å². The fourth-order valence-electron chi connectivity index (χ4n) is 2.21. The molecule has 1 aromatic rings. The molecule has 0 aliphatic heterocycles. The normalized spacial score (nSPS) is 12.4. The second-order valence-corrected chi connectivity index (χ2v) is 5.14. The molecule has 0 spiro atoms. The van der Waals surface area contributed by atoms with Crippen LogP contribution in [-0.2, 0) is 39.8 Å². The third kappa shape index (κ3) is 6.25. The predicted molar refractivity (Wildman–Crippen MR) is 86.2 cm³/mol. The van der Waals surface area contributed by atoms with Gasteiger partial charge in [-0.2, -0.15) is 0 Å². The Bertz CT molecular complexity index is 615. The van der Waals surface area contributed by atoms with Crippen molar-refractivity contribution in [3.8, 4) is 0 Å². The third-order valence-electron chi connectivity index (χ3n) is 3.50. The maximum atomic E-state index is 12.2. The standard InChI is InChI=1S/C17H21NO7/c1-23-14(20)10-12(16(21)24-2)15(17(22)25-3)18-13(19)9-11-7-5-4-6-8-11/h4-8,12,15H,9-10H2,1-3H3,(H,18,19)/t12-,15-/m0/s1. The van der Waals surface area contributed by atoms with Crippen LogP contribution in [-0.4, -0.2) is 51.2 Å². The molecule has 1 N–H and O–H groups in total. The van der Waals surface area contributed by atoms with Gasteiger partial charge in [0, 0.05) is 0 Å². The number of amides is 1. The van der Waals surface area contributed by atoms with Crippen molar-refractivity contribution < 1.29 is 33.4 Å². The minimum absolute atomic E-state index is 0.000448. The minimum Gasteiger partial charge on any atom is -0.469 e. The lowest BCUT2D eigenvalue weighted by atomic mass is 9.95. The molecule has 0 aliphatic rings. The number of esters is 3. The molecule has 0 heterocycles. The number of nitrogens with one attached hydrogen (secondary N) is 1. The van der Waals surface area contributed by atoms with Crippen LogP contribution in [0.2, 0.25) is 0 Å². The van der Waals surface area contributed by atoms with Crippen LogP contribution >= 0.6 is 0 Å². The Hall–Kier alpha value is -2.90. The van der Waals surface area contributed by atoms with Crippen LogP contribution in [0.4, 0.5) is 0 Å². The monoisotopic (exact) mass is 351 g/mol. The zero-order valence-corrected chi connectivity index (χ0v) is 14.3. The van der Waals surface area contributed by atoms with E-state index in [1.54, 1.807) is 24.3 Å². The summed E-state index contributed by atoms with van der Waals surface area (Å²) in [6.45, 7) is 0. The molecule has 8 heteroatoms. The SMILES string of the molecule is COC(=O)C[C@H](C(=O)OC)[C@H](NC(=O)Cc1ccccc1)C(=O)OC. The van der Waals surface area contributed by atoms with Gasteiger partial charge in [-0.3, -0.25) is 14.4 Å². The molecule has 136 valence electrons. The summed E-state index contributed by atoms with van der Waals surface area (Å²) in [5.41, 5.74) is 0.728. The fourth-order valence-corrected chi connectivity index (χ4v) is 2.21. The van der Waals surface area contributed by atoms with Gasteiger partial charge < -0.3 is 19.5 Å². The molecule has 1 rings (SSSR count). The molecule has 0 aliphatic carbocycles. The summed E-state index contributed by atoms with van der Waals surface area (Å²) >= 11 is 0. The number of methoxy groups -OCH3 is 3. The molecular weight excluding hydrogens is 330 g/mol. The zero-order chi connectivity index (χ0) is 18.8. The Morgan fingerprint density at radius 3 is 2.04 bits per heavy atom. The van der Waals surface area contributed by atoms with Crippen molar-refractivity contribution in [3.63, 3.8) is 0 Å². The average molecular weight is 351 g/mol. The van der Waals surface area contributed by atoms with Gasteiger partial charge in [0.25, 0.3) is 0 Å². The van der Waals surface area contributed by atoms with E-state index in [1.165, 1.54) is 0 Å². The highest BCUT2D eigenvalue weighted by molar-refractivity contribution is 5.91. The quantitative estimate of drug-likeness (QED) is 0.528. The fraction of sp³-hybridized carbons (Fsp3) is 0.412. The zero-order valence-electron chi connectivity index (χ0n) is 14.3. The topological polar surface area (TPSA) is 108 Å². The van der Waals surface area contributed by atoms with Crippen molar-refractivity contribution in [2.45, 2.75) is 18.9 Å². The number of benzene rings is 1. The summed E-state index contributed by atoms with van der Waals surface area (Å²) in [6, 6.07) is 7.48. The Labute approximate surface area is 145 Å². The summed E-state index contributed by atoms with van der Waals surface area (Å²) in [5.74, 6) is -4.17. The van der Waals surface area contributed by atoms with E-state index in [1.807, 2.05) is 6.07 Å². The number of ether oxygens (including phenoxy) is 3. The van der Waals surface area contributed by atoms with Crippen LogP contribution < -0.4 is 5.32 Å². The van der Waals surface area contributed by atoms with E-state index < -0.39 is 42.2 Å². The van der Waals surface area contributed by atoms with Crippen LogP contribution in [0, 0.1) is 5.92 Å². The van der Waals surface area contributed by atoms with Gasteiger partial charge in [-0.15, -0.1) is 0 Å². The first-order valence-corrected chi connectivity index (χ1v) is 7.48. The molecule has 0 aromatic heterocycles. The second-order valence-electron chi connectivity index (χ2n) is 5.14. The molecule has 25 heavy (non-hydrogen) atoms. The Morgan fingerprint density at radius 2 is 1.52 bits per heavy atom. The van der Waals surface area contributed by atoms with E-state index in [2.05, 4.69) is 19.5 Å². The van der Waals surface area contributed by atoms with Gasteiger partial charge in [-0.05, 0) is 5.56 Å². The number of hydrogen-bond donors (Lipinski definition) is 1. The van der Waals surface area contributed by atoms with Crippen molar-refractivity contribution in [3.05, 3.63) is 35.9 Å². The number of hydrogen-bond acceptors (Lipinski definition) is 7. The molecule has 0 saturated heterocycles. The van der Waals surface area contributed by atoms with Gasteiger partial charge in [0.2, 0.25) is 5.91 Å². The molecule has 8 nitrogen and oxygen atoms in total. The highest BCUT2D eigenvalue weighted by atomic mass is 16.5. The summed E-state index contributed by atoms with van der Waals surface area (Å²) in [6.07, 6.45) is -0.436. The van der Waals surface area contributed by atoms with Gasteiger partial charge in [0.15, 0.2) is 0 Å². The van der Waals surface area contributed by atoms with E-state index in [9.17, 15) is 19.2 Å². The van der Waals surface area contributed by atoms with Crippen LogP contribution in [0.5, 0.6) is 0 Å². The molecule has 0 unspecified atom stereocenters. The molecule has 2 atom stereocenters. The van der Waals surface area contributed by atoms with E-state index in [4.69, 9.17) is 0 Å². The van der Waals surface area contributed by atoms with Crippen LogP contribution in [0.3, 0.4) is 0 Å². The van der Waals surface area contributed by atoms with Crippen molar-refractivity contribution in [1.29, 1.82) is 0 Å². The van der Waals surface area contributed by atoms with Gasteiger partial charge in [-0.25, -0.2) is 4.79 Å². The maximum absolute atomic E-state index is 12.2. The number of rotatable bonds is 8. The molecule has 1 aromatic carbocycles. The van der Waals surface area contributed by atoms with Gasteiger partial charge >= 0.3 is 17.9 Å². The number of carbonyl (C=O) groups is 4. The molecule has 0 bridgehead atoms. The summed E-state index contributed by atoms with van der Waals surface area (Å²) in [5, 5.41) is 2.44. The van der Waals surface area contributed by atoms with Crippen molar-refractivity contribution in [2.24, 2.45) is 5.92 Å². The Balaban J connectivity index is 2.95. The first-order chi connectivity index (χ1) is 11.9. The van der Waals surface area contributed by atoms with Crippen molar-refractivity contribution in [1.82, 2.24) is 5.32 Å². The minimum atomic E-state index is -1.37. The molecule has 0 radical (unpaired) electrons. The summed E-state index contributed by atoms with van der Waals surface area (Å²) < 4.78 is 13.8. The summed E-state index contributed by atoms with van der Waals surface area (Å²) in [7, 11) is 3.38. The average Bonchev–Trinajstić information content (AvgIpc) is 2.63. The van der Waals surface area contributed by atoms with E-state index in [0.717, 1.165) is 26.9 Å². The van der Waals surface area contributed by atoms with Gasteiger partial charge in [0.1, 0.15) is 6.04 Å². The lowest BCUT2D eigenvalue weighted by Crippen LogP contribution is -2.50. The Kier molecular flexibility index (Phi) is 8.11. The molecule has 0 fully saturated rings. The van der Waals surface area contributed by atoms with E-state index >= 15 is 0 Å². The van der Waals surface area contributed by atoms with E-state index in [0.29, 0.717) is 0 Å². The van der Waals surface area contributed by atoms with E-state index in [-0.39, 0.29) is 6.42 Å². The van der Waals surface area contributed by atoms with Crippen molar-refractivity contribution in [2.75, 3.05) is 21.3 Å². The highest BCUT2D eigenvalue weighted by Gasteiger charge is 2.38. The van der Waals surface area contributed by atoms with Crippen LogP contribution in [0.15, 0.2) is 30.3 Å².